The van der Waals surface area contributed by atoms with Crippen molar-refractivity contribution in [1.29, 1.82) is 0 Å². The summed E-state index contributed by atoms with van der Waals surface area (Å²) >= 11 is 0. The Balaban J connectivity index is 1.90. The normalized spacial score (nSPS) is 11.6. The fraction of sp³-hybridized carbons (Fsp3) is 0.333. The van der Waals surface area contributed by atoms with Crippen molar-refractivity contribution in [2.45, 2.75) is 52.9 Å². The molecule has 0 atom stereocenters. The Morgan fingerprint density at radius 1 is 1.03 bits per heavy atom. The molecular weight excluding hydrogens is 416 g/mol. The highest BCUT2D eigenvalue weighted by atomic mass is 32.2. The predicted octanol–water partition coefficient (Wildman–Crippen LogP) is 2.34. The zero-order chi connectivity index (χ0) is 23.1. The monoisotopic (exact) mass is 442 g/mol. The van der Waals surface area contributed by atoms with Crippen LogP contribution < -0.4 is 10.5 Å². The number of hydrogen-bond donors (Lipinski definition) is 2. The molecule has 2 aromatic heterocycles. The first kappa shape index (κ1) is 22.6. The van der Waals surface area contributed by atoms with E-state index in [0.717, 1.165) is 28.2 Å². The molecule has 3 N–H and O–H groups in total. The van der Waals surface area contributed by atoms with Crippen LogP contribution in [0, 0.1) is 41.5 Å². The van der Waals surface area contributed by atoms with Crippen LogP contribution in [0.1, 0.15) is 39.5 Å². The molecule has 1 amide bonds. The Labute approximate surface area is 181 Å². The summed E-state index contributed by atoms with van der Waals surface area (Å²) in [7, 11) is -3.89. The van der Waals surface area contributed by atoms with Gasteiger partial charge >= 0.3 is 0 Å². The van der Waals surface area contributed by atoms with E-state index in [-0.39, 0.29) is 17.2 Å². The van der Waals surface area contributed by atoms with Crippen LogP contribution in [0.25, 0.3) is 5.95 Å². The molecule has 0 radical (unpaired) electrons. The van der Waals surface area contributed by atoms with Gasteiger partial charge in [0.25, 0.3) is 5.95 Å². The summed E-state index contributed by atoms with van der Waals surface area (Å²) in [5, 5.41) is 12.6. The average Bonchev–Trinajstić information content (AvgIpc) is 2.92. The van der Waals surface area contributed by atoms with Crippen molar-refractivity contribution >= 4 is 21.6 Å². The quantitative estimate of drug-likeness (QED) is 0.623. The molecule has 0 fully saturated rings. The van der Waals surface area contributed by atoms with E-state index < -0.39 is 10.0 Å². The van der Waals surface area contributed by atoms with E-state index in [0.29, 0.717) is 22.9 Å². The maximum Gasteiger partial charge on any atom is 0.251 e. The summed E-state index contributed by atoms with van der Waals surface area (Å²) < 4.78 is 25.1. The topological polar surface area (TPSA) is 133 Å². The first-order chi connectivity index (χ1) is 14.4. The van der Waals surface area contributed by atoms with Gasteiger partial charge in [-0.3, -0.25) is 4.79 Å². The number of benzene rings is 1. The molecule has 0 bridgehead atoms. The molecule has 2 heterocycles. The molecule has 0 aliphatic heterocycles. The van der Waals surface area contributed by atoms with Gasteiger partial charge in [-0.2, -0.15) is 5.10 Å². The van der Waals surface area contributed by atoms with E-state index in [9.17, 15) is 13.2 Å². The number of anilines is 1. The minimum absolute atomic E-state index is 0.0435. The molecule has 0 spiro atoms. The maximum absolute atomic E-state index is 12.8. The van der Waals surface area contributed by atoms with Gasteiger partial charge in [0.1, 0.15) is 0 Å². The number of aryl methyl sites for hydroxylation is 4. The van der Waals surface area contributed by atoms with E-state index in [1.54, 1.807) is 11.6 Å². The van der Waals surface area contributed by atoms with Crippen molar-refractivity contribution in [3.05, 3.63) is 57.7 Å². The zero-order valence-electron chi connectivity index (χ0n) is 18.4. The zero-order valence-corrected chi connectivity index (χ0v) is 19.3. The summed E-state index contributed by atoms with van der Waals surface area (Å²) in [5.74, 6) is 0.165. The van der Waals surface area contributed by atoms with Crippen LogP contribution >= 0.6 is 0 Å². The van der Waals surface area contributed by atoms with Crippen molar-refractivity contribution in [3.8, 4) is 5.95 Å². The number of aromatic nitrogens is 4. The van der Waals surface area contributed by atoms with Gasteiger partial charge in [0.2, 0.25) is 15.9 Å². The Kier molecular flexibility index (Phi) is 5.97. The molecule has 1 aromatic carbocycles. The SMILES string of the molecule is Cc1cc(C)nc(-n2nc(C)c(CC(=O)Nc3cc(S(N)(=O)=O)cc(C)c3C)c2C)n1. The third kappa shape index (κ3) is 4.80. The minimum atomic E-state index is -3.89. The second-order valence-corrected chi connectivity index (χ2v) is 9.26. The number of carbonyl (C=O) groups excluding carboxylic acids is 1. The minimum Gasteiger partial charge on any atom is -0.326 e. The van der Waals surface area contributed by atoms with Crippen LogP contribution in [0.15, 0.2) is 23.1 Å². The number of amides is 1. The van der Waals surface area contributed by atoms with Crippen molar-refractivity contribution in [3.63, 3.8) is 0 Å². The van der Waals surface area contributed by atoms with Crippen molar-refractivity contribution < 1.29 is 13.2 Å². The molecule has 0 saturated carbocycles. The Morgan fingerprint density at radius 2 is 1.65 bits per heavy atom. The number of nitrogens with one attached hydrogen (secondary N) is 1. The molecule has 3 aromatic rings. The first-order valence-electron chi connectivity index (χ1n) is 9.68. The third-order valence-electron chi connectivity index (χ3n) is 5.18. The standard InChI is InChI=1S/C21H26N6O3S/c1-11-7-17(31(22,29)30)9-19(14(11)4)25-20(28)10-18-15(5)26-27(16(18)6)21-23-12(2)8-13(3)24-21/h7-9H,10H2,1-6H3,(H,25,28)(H2,22,29,30). The van der Waals surface area contributed by atoms with E-state index in [4.69, 9.17) is 5.14 Å². The molecule has 0 aliphatic rings. The van der Waals surface area contributed by atoms with Crippen molar-refractivity contribution in [1.82, 2.24) is 19.7 Å². The summed E-state index contributed by atoms with van der Waals surface area (Å²) in [6.45, 7) is 11.0. The largest absolute Gasteiger partial charge is 0.326 e. The summed E-state index contributed by atoms with van der Waals surface area (Å²) in [4.78, 5) is 21.6. The van der Waals surface area contributed by atoms with Gasteiger partial charge in [0.15, 0.2) is 0 Å². The highest BCUT2D eigenvalue weighted by Gasteiger charge is 2.19. The molecule has 31 heavy (non-hydrogen) atoms. The highest BCUT2D eigenvalue weighted by Crippen LogP contribution is 2.24. The van der Waals surface area contributed by atoms with Gasteiger partial charge in [-0.05, 0) is 70.9 Å². The van der Waals surface area contributed by atoms with Crippen molar-refractivity contribution in [2.24, 2.45) is 5.14 Å². The summed E-state index contributed by atoms with van der Waals surface area (Å²) in [6.07, 6.45) is 0.0700. The fourth-order valence-corrected chi connectivity index (χ4v) is 4.03. The van der Waals surface area contributed by atoms with Crippen LogP contribution in [0.3, 0.4) is 0 Å². The third-order valence-corrected chi connectivity index (χ3v) is 6.07. The van der Waals surface area contributed by atoms with Gasteiger partial charge in [0, 0.05) is 28.3 Å². The lowest BCUT2D eigenvalue weighted by Crippen LogP contribution is -2.18. The summed E-state index contributed by atoms with van der Waals surface area (Å²) in [6, 6.07) is 4.74. The van der Waals surface area contributed by atoms with Crippen LogP contribution in [0.2, 0.25) is 0 Å². The Hall–Kier alpha value is -3.11. The van der Waals surface area contributed by atoms with Gasteiger partial charge in [0.05, 0.1) is 17.0 Å². The fourth-order valence-electron chi connectivity index (χ4n) is 3.40. The van der Waals surface area contributed by atoms with Crippen LogP contribution in [0.4, 0.5) is 5.69 Å². The Bertz CT molecular complexity index is 1270. The number of carbonyl (C=O) groups is 1. The highest BCUT2D eigenvalue weighted by molar-refractivity contribution is 7.89. The first-order valence-corrected chi connectivity index (χ1v) is 11.2. The van der Waals surface area contributed by atoms with E-state index in [1.165, 1.54) is 12.1 Å². The molecule has 3 rings (SSSR count). The van der Waals surface area contributed by atoms with Gasteiger partial charge in [-0.25, -0.2) is 28.2 Å². The van der Waals surface area contributed by atoms with Crippen LogP contribution in [0.5, 0.6) is 0 Å². The molecule has 0 unspecified atom stereocenters. The molecule has 9 nitrogen and oxygen atoms in total. The number of rotatable bonds is 5. The molecule has 0 aliphatic carbocycles. The Morgan fingerprint density at radius 3 is 2.23 bits per heavy atom. The van der Waals surface area contributed by atoms with Gasteiger partial charge in [-0.1, -0.05) is 0 Å². The number of primary sulfonamides is 1. The predicted molar refractivity (Wildman–Crippen MR) is 118 cm³/mol. The lowest BCUT2D eigenvalue weighted by atomic mass is 10.1. The second-order valence-electron chi connectivity index (χ2n) is 7.69. The van der Waals surface area contributed by atoms with Crippen LogP contribution in [-0.2, 0) is 21.2 Å². The molecule has 164 valence electrons. The number of nitrogens with zero attached hydrogens (tertiary/aromatic N) is 4. The molecule has 0 saturated heterocycles. The van der Waals surface area contributed by atoms with Gasteiger partial charge < -0.3 is 5.32 Å². The lowest BCUT2D eigenvalue weighted by molar-refractivity contribution is -0.115. The lowest BCUT2D eigenvalue weighted by Gasteiger charge is -2.13. The van der Waals surface area contributed by atoms with E-state index in [1.807, 2.05) is 40.7 Å². The van der Waals surface area contributed by atoms with E-state index in [2.05, 4.69) is 20.4 Å². The number of hydrogen-bond acceptors (Lipinski definition) is 6. The molecular formula is C21H26N6O3S. The van der Waals surface area contributed by atoms with Crippen LogP contribution in [-0.4, -0.2) is 34.1 Å². The second kappa shape index (κ2) is 8.20. The van der Waals surface area contributed by atoms with Crippen molar-refractivity contribution in [2.75, 3.05) is 5.32 Å². The summed E-state index contributed by atoms with van der Waals surface area (Å²) in [5.41, 5.74) is 5.78. The molecule has 10 heteroatoms. The smallest absolute Gasteiger partial charge is 0.251 e. The average molecular weight is 443 g/mol. The van der Waals surface area contributed by atoms with E-state index >= 15 is 0 Å². The number of sulfonamides is 1. The van der Waals surface area contributed by atoms with Gasteiger partial charge in [-0.15, -0.1) is 0 Å². The number of nitrogens with two attached hydrogens (primary N) is 1. The maximum atomic E-state index is 12.8.